The van der Waals surface area contributed by atoms with E-state index in [1.807, 2.05) is 30.3 Å². The summed E-state index contributed by atoms with van der Waals surface area (Å²) in [5.41, 5.74) is 0.896. The Morgan fingerprint density at radius 3 is 2.84 bits per heavy atom. The molecule has 0 spiro atoms. The quantitative estimate of drug-likeness (QED) is 0.790. The fourth-order valence-corrected chi connectivity index (χ4v) is 3.04. The lowest BCUT2D eigenvalue weighted by Crippen LogP contribution is -2.31. The molecule has 0 radical (unpaired) electrons. The van der Waals surface area contributed by atoms with Crippen molar-refractivity contribution in [3.8, 4) is 17.1 Å². The van der Waals surface area contributed by atoms with Crippen LogP contribution in [-0.4, -0.2) is 37.6 Å². The number of rotatable bonds is 3. The first-order valence-corrected chi connectivity index (χ1v) is 8.08. The van der Waals surface area contributed by atoms with Crippen LogP contribution in [-0.2, 0) is 0 Å². The molecule has 0 saturated carbocycles. The fraction of sp³-hybridized carbons (Fsp3) is 0.222. The van der Waals surface area contributed by atoms with Crippen molar-refractivity contribution >= 4 is 5.91 Å². The topological polar surface area (TPSA) is 92.3 Å². The third-order valence-corrected chi connectivity index (χ3v) is 4.26. The zero-order chi connectivity index (χ0) is 17.2. The van der Waals surface area contributed by atoms with Crippen molar-refractivity contribution in [3.05, 3.63) is 60.2 Å². The number of hydrogen-bond acceptors (Lipinski definition) is 6. The molecule has 3 aromatic rings. The molecule has 1 atom stereocenters. The standard InChI is InChI=1S/C18H16N4O3/c23-14-9-4-10-19-15(14)18(24)22-11-5-8-13(22)17-20-16(21-25-17)12-6-2-1-3-7-12/h1-4,6-7,9-10,13,23H,5,8,11H2. The lowest BCUT2D eigenvalue weighted by atomic mass is 10.2. The molecule has 1 saturated heterocycles. The molecule has 4 rings (SSSR count). The maximum Gasteiger partial charge on any atom is 0.276 e. The van der Waals surface area contributed by atoms with Gasteiger partial charge in [0.1, 0.15) is 11.8 Å². The van der Waals surface area contributed by atoms with Gasteiger partial charge in [-0.1, -0.05) is 35.5 Å². The number of nitrogens with zero attached hydrogens (tertiary/aromatic N) is 4. The van der Waals surface area contributed by atoms with E-state index >= 15 is 0 Å². The molecule has 1 amide bonds. The van der Waals surface area contributed by atoms with E-state index < -0.39 is 0 Å². The SMILES string of the molecule is O=C(c1ncccc1O)N1CCCC1c1nc(-c2ccccc2)no1. The summed E-state index contributed by atoms with van der Waals surface area (Å²) in [4.78, 5) is 22.8. The molecular formula is C18H16N4O3. The molecule has 7 nitrogen and oxygen atoms in total. The normalized spacial score (nSPS) is 17.0. The summed E-state index contributed by atoms with van der Waals surface area (Å²) in [6, 6.07) is 12.3. The van der Waals surface area contributed by atoms with Crippen LogP contribution in [0.2, 0.25) is 0 Å². The highest BCUT2D eigenvalue weighted by molar-refractivity contribution is 5.95. The van der Waals surface area contributed by atoms with Gasteiger partial charge >= 0.3 is 0 Å². The number of amides is 1. The van der Waals surface area contributed by atoms with Crippen molar-refractivity contribution in [1.82, 2.24) is 20.0 Å². The number of pyridine rings is 1. The van der Waals surface area contributed by atoms with Gasteiger partial charge in [0.15, 0.2) is 5.69 Å². The van der Waals surface area contributed by atoms with Gasteiger partial charge in [0.25, 0.3) is 5.91 Å². The maximum absolute atomic E-state index is 12.7. The maximum atomic E-state index is 12.7. The average Bonchev–Trinajstić information content (AvgIpc) is 3.31. The summed E-state index contributed by atoms with van der Waals surface area (Å²) < 4.78 is 5.41. The number of carbonyl (C=O) groups excluding carboxylic acids is 1. The van der Waals surface area contributed by atoms with Crippen LogP contribution < -0.4 is 0 Å². The molecule has 7 heteroatoms. The molecule has 1 aliphatic rings. The molecule has 1 N–H and O–H groups in total. The van der Waals surface area contributed by atoms with Gasteiger partial charge in [0.05, 0.1) is 0 Å². The fourth-order valence-electron chi connectivity index (χ4n) is 3.04. The summed E-state index contributed by atoms with van der Waals surface area (Å²) in [5, 5.41) is 13.9. The summed E-state index contributed by atoms with van der Waals surface area (Å²) >= 11 is 0. The largest absolute Gasteiger partial charge is 0.505 e. The Bertz CT molecular complexity index is 894. The molecule has 1 aliphatic heterocycles. The number of aromatic hydroxyl groups is 1. The van der Waals surface area contributed by atoms with Crippen molar-refractivity contribution in [2.24, 2.45) is 0 Å². The lowest BCUT2D eigenvalue weighted by Gasteiger charge is -2.21. The van der Waals surface area contributed by atoms with Gasteiger partial charge in [0.2, 0.25) is 11.7 Å². The smallest absolute Gasteiger partial charge is 0.276 e. The number of aromatic nitrogens is 3. The molecule has 1 aromatic carbocycles. The van der Waals surface area contributed by atoms with Crippen LogP contribution in [0.5, 0.6) is 5.75 Å². The first-order valence-electron chi connectivity index (χ1n) is 8.08. The number of carbonyl (C=O) groups is 1. The Hall–Kier alpha value is -3.22. The first kappa shape index (κ1) is 15.3. The van der Waals surface area contributed by atoms with Crippen molar-refractivity contribution in [2.75, 3.05) is 6.54 Å². The van der Waals surface area contributed by atoms with E-state index in [9.17, 15) is 9.90 Å². The summed E-state index contributed by atoms with van der Waals surface area (Å²) in [5.74, 6) is 0.435. The molecule has 2 aromatic heterocycles. The first-order chi connectivity index (χ1) is 12.2. The zero-order valence-electron chi connectivity index (χ0n) is 13.4. The second-order valence-corrected chi connectivity index (χ2v) is 5.85. The van der Waals surface area contributed by atoms with Gasteiger partial charge in [-0.2, -0.15) is 4.98 Å². The summed E-state index contributed by atoms with van der Waals surface area (Å²) in [6.07, 6.45) is 3.04. The van der Waals surface area contributed by atoms with Gasteiger partial charge < -0.3 is 14.5 Å². The van der Waals surface area contributed by atoms with Gasteiger partial charge in [-0.3, -0.25) is 4.79 Å². The summed E-state index contributed by atoms with van der Waals surface area (Å²) in [7, 11) is 0. The molecule has 1 fully saturated rings. The highest BCUT2D eigenvalue weighted by Gasteiger charge is 2.36. The Labute approximate surface area is 143 Å². The van der Waals surface area contributed by atoms with Crippen LogP contribution in [0.15, 0.2) is 53.2 Å². The lowest BCUT2D eigenvalue weighted by molar-refractivity contribution is 0.0700. The van der Waals surface area contributed by atoms with Crippen LogP contribution in [0.4, 0.5) is 0 Å². The highest BCUT2D eigenvalue weighted by atomic mass is 16.5. The Morgan fingerprint density at radius 2 is 2.04 bits per heavy atom. The number of likely N-dealkylation sites (tertiary alicyclic amines) is 1. The highest BCUT2D eigenvalue weighted by Crippen LogP contribution is 2.33. The van der Waals surface area contributed by atoms with Crippen LogP contribution in [0.25, 0.3) is 11.4 Å². The minimum absolute atomic E-state index is 0.0391. The van der Waals surface area contributed by atoms with Crippen molar-refractivity contribution in [1.29, 1.82) is 0 Å². The minimum Gasteiger partial charge on any atom is -0.505 e. The zero-order valence-corrected chi connectivity index (χ0v) is 13.4. The van der Waals surface area contributed by atoms with Crippen LogP contribution in [0.1, 0.15) is 35.3 Å². The third kappa shape index (κ3) is 2.84. The molecular weight excluding hydrogens is 320 g/mol. The van der Waals surface area contributed by atoms with Crippen LogP contribution >= 0.6 is 0 Å². The van der Waals surface area contributed by atoms with E-state index in [2.05, 4.69) is 15.1 Å². The molecule has 0 bridgehead atoms. The predicted molar refractivity (Wildman–Crippen MR) is 88.6 cm³/mol. The van der Waals surface area contributed by atoms with Crippen molar-refractivity contribution in [3.63, 3.8) is 0 Å². The predicted octanol–water partition coefficient (Wildman–Crippen LogP) is 2.81. The Morgan fingerprint density at radius 1 is 1.20 bits per heavy atom. The van der Waals surface area contributed by atoms with Crippen LogP contribution in [0, 0.1) is 0 Å². The molecule has 126 valence electrons. The van der Waals surface area contributed by atoms with E-state index in [-0.39, 0.29) is 23.4 Å². The van der Waals surface area contributed by atoms with E-state index in [0.717, 1.165) is 18.4 Å². The van der Waals surface area contributed by atoms with Gasteiger partial charge in [-0.15, -0.1) is 0 Å². The number of hydrogen-bond donors (Lipinski definition) is 1. The minimum atomic E-state index is -0.333. The van der Waals surface area contributed by atoms with E-state index in [0.29, 0.717) is 18.3 Å². The van der Waals surface area contributed by atoms with Gasteiger partial charge in [-0.05, 0) is 25.0 Å². The van der Waals surface area contributed by atoms with E-state index in [1.54, 1.807) is 11.0 Å². The Balaban J connectivity index is 1.61. The summed E-state index contributed by atoms with van der Waals surface area (Å²) in [6.45, 7) is 0.558. The van der Waals surface area contributed by atoms with Crippen molar-refractivity contribution in [2.45, 2.75) is 18.9 Å². The average molecular weight is 336 g/mol. The number of benzene rings is 1. The third-order valence-electron chi connectivity index (χ3n) is 4.26. The van der Waals surface area contributed by atoms with E-state index in [4.69, 9.17) is 4.52 Å². The van der Waals surface area contributed by atoms with Gasteiger partial charge in [0, 0.05) is 18.3 Å². The monoisotopic (exact) mass is 336 g/mol. The van der Waals surface area contributed by atoms with Crippen LogP contribution in [0.3, 0.4) is 0 Å². The Kier molecular flexibility index (Phi) is 3.89. The second kappa shape index (κ2) is 6.35. The second-order valence-electron chi connectivity index (χ2n) is 5.85. The molecule has 0 aliphatic carbocycles. The molecule has 25 heavy (non-hydrogen) atoms. The molecule has 3 heterocycles. The molecule has 1 unspecified atom stereocenters. The van der Waals surface area contributed by atoms with E-state index in [1.165, 1.54) is 12.3 Å². The van der Waals surface area contributed by atoms with Gasteiger partial charge in [-0.25, -0.2) is 4.98 Å². The van der Waals surface area contributed by atoms with Crippen molar-refractivity contribution < 1.29 is 14.4 Å².